The maximum absolute atomic E-state index is 13.2. The van der Waals surface area contributed by atoms with Crippen LogP contribution in [-0.4, -0.2) is 32.8 Å². The highest BCUT2D eigenvalue weighted by Crippen LogP contribution is 2.29. The topological polar surface area (TPSA) is 50.2 Å². The van der Waals surface area contributed by atoms with Crippen LogP contribution in [-0.2, 0) is 0 Å². The lowest BCUT2D eigenvalue weighted by atomic mass is 9.93. The first kappa shape index (κ1) is 15.5. The van der Waals surface area contributed by atoms with Crippen LogP contribution in [0.4, 0.5) is 14.9 Å². The van der Waals surface area contributed by atoms with Crippen LogP contribution >= 0.6 is 0 Å². The Balaban J connectivity index is 1.80. The standard InChI is InChI=1S/C17H21FN4O/c1-4-15-7-12(3)22(15)17(23)20-14-6-5-11(2)16(8-14)21-10-13(18)9-19-21/h5-6,8-10,12,15H,4,7H2,1-3H3,(H,20,23). The van der Waals surface area contributed by atoms with Gasteiger partial charge in [0.15, 0.2) is 5.82 Å². The number of aromatic nitrogens is 2. The molecule has 1 aromatic carbocycles. The summed E-state index contributed by atoms with van der Waals surface area (Å²) < 4.78 is 14.7. The van der Waals surface area contributed by atoms with E-state index >= 15 is 0 Å². The molecule has 2 aromatic rings. The van der Waals surface area contributed by atoms with Gasteiger partial charge in [0.05, 0.1) is 18.1 Å². The van der Waals surface area contributed by atoms with E-state index in [2.05, 4.69) is 24.3 Å². The Kier molecular flexibility index (Phi) is 4.07. The molecule has 5 nitrogen and oxygen atoms in total. The summed E-state index contributed by atoms with van der Waals surface area (Å²) in [6.07, 6.45) is 4.50. The van der Waals surface area contributed by atoms with E-state index in [1.165, 1.54) is 10.9 Å². The highest BCUT2D eigenvalue weighted by molar-refractivity contribution is 5.90. The minimum atomic E-state index is -0.390. The zero-order valence-electron chi connectivity index (χ0n) is 13.6. The van der Waals surface area contributed by atoms with Gasteiger partial charge < -0.3 is 10.2 Å². The van der Waals surface area contributed by atoms with Gasteiger partial charge in [0.2, 0.25) is 0 Å². The number of carbonyl (C=O) groups excluding carboxylic acids is 1. The number of hydrogen-bond donors (Lipinski definition) is 1. The third kappa shape index (κ3) is 2.93. The summed E-state index contributed by atoms with van der Waals surface area (Å²) in [5.74, 6) is -0.390. The van der Waals surface area contributed by atoms with Gasteiger partial charge in [-0.2, -0.15) is 5.10 Å². The van der Waals surface area contributed by atoms with Crippen LogP contribution in [0.3, 0.4) is 0 Å². The number of amides is 2. The number of nitrogens with one attached hydrogen (secondary N) is 1. The number of nitrogens with zero attached hydrogens (tertiary/aromatic N) is 3. The molecule has 1 N–H and O–H groups in total. The van der Waals surface area contributed by atoms with Crippen molar-refractivity contribution in [2.24, 2.45) is 0 Å². The molecule has 6 heteroatoms. The summed E-state index contributed by atoms with van der Waals surface area (Å²) in [7, 11) is 0. The Labute approximate surface area is 135 Å². The van der Waals surface area contributed by atoms with E-state index in [-0.39, 0.29) is 17.9 Å². The molecule has 1 aliphatic rings. The van der Waals surface area contributed by atoms with Gasteiger partial charge in [-0.25, -0.2) is 13.9 Å². The number of likely N-dealkylation sites (tertiary alicyclic amines) is 1. The summed E-state index contributed by atoms with van der Waals surface area (Å²) in [5, 5.41) is 6.92. The fraction of sp³-hybridized carbons (Fsp3) is 0.412. The molecule has 1 saturated heterocycles. The highest BCUT2D eigenvalue weighted by Gasteiger charge is 2.37. The second kappa shape index (κ2) is 6.02. The number of urea groups is 1. The normalized spacial score (nSPS) is 20.3. The molecule has 23 heavy (non-hydrogen) atoms. The molecule has 1 aliphatic heterocycles. The number of rotatable bonds is 3. The summed E-state index contributed by atoms with van der Waals surface area (Å²) in [6.45, 7) is 6.07. The minimum absolute atomic E-state index is 0.0861. The molecule has 2 heterocycles. The van der Waals surface area contributed by atoms with Gasteiger partial charge >= 0.3 is 6.03 Å². The quantitative estimate of drug-likeness (QED) is 0.938. The lowest BCUT2D eigenvalue weighted by Gasteiger charge is -2.46. The van der Waals surface area contributed by atoms with E-state index < -0.39 is 0 Å². The van der Waals surface area contributed by atoms with E-state index in [9.17, 15) is 9.18 Å². The Morgan fingerprint density at radius 2 is 2.26 bits per heavy atom. The van der Waals surface area contributed by atoms with Gasteiger partial charge in [-0.05, 0) is 44.4 Å². The number of aryl methyl sites for hydroxylation is 1. The molecule has 0 saturated carbocycles. The molecule has 122 valence electrons. The SMILES string of the molecule is CCC1CC(C)N1C(=O)Nc1ccc(C)c(-n2cc(F)cn2)c1. The first-order valence-corrected chi connectivity index (χ1v) is 7.90. The van der Waals surface area contributed by atoms with Crippen LogP contribution in [0.5, 0.6) is 0 Å². The number of hydrogen-bond acceptors (Lipinski definition) is 2. The molecule has 3 rings (SSSR count). The minimum Gasteiger partial charge on any atom is -0.319 e. The molecule has 1 aromatic heterocycles. The van der Waals surface area contributed by atoms with Crippen molar-refractivity contribution in [3.05, 3.63) is 42.0 Å². The van der Waals surface area contributed by atoms with E-state index in [0.717, 1.165) is 30.3 Å². The fourth-order valence-electron chi connectivity index (χ4n) is 3.13. The smallest absolute Gasteiger partial charge is 0.319 e. The molecular formula is C17H21FN4O. The second-order valence-electron chi connectivity index (χ2n) is 6.09. The van der Waals surface area contributed by atoms with Crippen molar-refractivity contribution in [1.82, 2.24) is 14.7 Å². The Morgan fingerprint density at radius 3 is 2.87 bits per heavy atom. The van der Waals surface area contributed by atoms with E-state index in [1.807, 2.05) is 30.0 Å². The van der Waals surface area contributed by atoms with Crippen molar-refractivity contribution >= 4 is 11.7 Å². The Bertz CT molecular complexity index is 727. The predicted octanol–water partition coefficient (Wildman–Crippen LogP) is 3.72. The lowest BCUT2D eigenvalue weighted by molar-refractivity contribution is 0.0688. The van der Waals surface area contributed by atoms with Crippen molar-refractivity contribution < 1.29 is 9.18 Å². The van der Waals surface area contributed by atoms with Crippen LogP contribution < -0.4 is 5.32 Å². The van der Waals surface area contributed by atoms with Crippen LogP contribution in [0.2, 0.25) is 0 Å². The van der Waals surface area contributed by atoms with Crippen molar-refractivity contribution in [3.8, 4) is 5.69 Å². The average Bonchev–Trinajstić information content (AvgIpc) is 2.92. The third-order valence-electron chi connectivity index (χ3n) is 4.45. The number of benzene rings is 1. The molecule has 0 spiro atoms. The molecule has 2 unspecified atom stereocenters. The Hall–Kier alpha value is -2.37. The van der Waals surface area contributed by atoms with Gasteiger partial charge in [0.25, 0.3) is 0 Å². The van der Waals surface area contributed by atoms with Crippen molar-refractivity contribution in [2.75, 3.05) is 5.32 Å². The van der Waals surface area contributed by atoms with Gasteiger partial charge in [-0.3, -0.25) is 0 Å². The first-order chi connectivity index (χ1) is 11.0. The Morgan fingerprint density at radius 1 is 1.48 bits per heavy atom. The summed E-state index contributed by atoms with van der Waals surface area (Å²) in [5.41, 5.74) is 2.38. The van der Waals surface area contributed by atoms with E-state index in [1.54, 1.807) is 0 Å². The van der Waals surface area contributed by atoms with E-state index in [4.69, 9.17) is 0 Å². The summed E-state index contributed by atoms with van der Waals surface area (Å²) in [6, 6.07) is 6.05. The largest absolute Gasteiger partial charge is 0.322 e. The molecule has 0 radical (unpaired) electrons. The maximum Gasteiger partial charge on any atom is 0.322 e. The van der Waals surface area contributed by atoms with Gasteiger partial charge in [-0.1, -0.05) is 13.0 Å². The maximum atomic E-state index is 13.2. The zero-order chi connectivity index (χ0) is 16.6. The van der Waals surface area contributed by atoms with Crippen molar-refractivity contribution in [1.29, 1.82) is 0 Å². The predicted molar refractivity (Wildman–Crippen MR) is 87.3 cm³/mol. The van der Waals surface area contributed by atoms with Crippen LogP contribution in [0.25, 0.3) is 5.69 Å². The monoisotopic (exact) mass is 316 g/mol. The van der Waals surface area contributed by atoms with E-state index in [0.29, 0.717) is 11.7 Å². The first-order valence-electron chi connectivity index (χ1n) is 7.90. The van der Waals surface area contributed by atoms with Crippen LogP contribution in [0.1, 0.15) is 32.3 Å². The average molecular weight is 316 g/mol. The molecule has 2 amide bonds. The fourth-order valence-corrected chi connectivity index (χ4v) is 3.13. The summed E-state index contributed by atoms with van der Waals surface area (Å²) in [4.78, 5) is 14.3. The van der Waals surface area contributed by atoms with Gasteiger partial charge in [-0.15, -0.1) is 0 Å². The van der Waals surface area contributed by atoms with Crippen LogP contribution in [0, 0.1) is 12.7 Å². The molecule has 1 fully saturated rings. The van der Waals surface area contributed by atoms with Gasteiger partial charge in [0.1, 0.15) is 0 Å². The number of halogens is 1. The molecule has 0 aliphatic carbocycles. The van der Waals surface area contributed by atoms with Crippen molar-refractivity contribution in [3.63, 3.8) is 0 Å². The lowest BCUT2D eigenvalue weighted by Crippen LogP contribution is -2.58. The summed E-state index contributed by atoms with van der Waals surface area (Å²) >= 11 is 0. The molecule has 0 bridgehead atoms. The number of anilines is 1. The third-order valence-corrected chi connectivity index (χ3v) is 4.45. The molecular weight excluding hydrogens is 295 g/mol. The van der Waals surface area contributed by atoms with Gasteiger partial charge in [0, 0.05) is 17.8 Å². The van der Waals surface area contributed by atoms with Crippen LogP contribution in [0.15, 0.2) is 30.6 Å². The second-order valence-corrected chi connectivity index (χ2v) is 6.09. The number of carbonyl (C=O) groups is 1. The molecule has 2 atom stereocenters. The van der Waals surface area contributed by atoms with Crippen molar-refractivity contribution in [2.45, 2.75) is 45.7 Å². The highest BCUT2D eigenvalue weighted by atomic mass is 19.1. The zero-order valence-corrected chi connectivity index (χ0v) is 13.6.